The van der Waals surface area contributed by atoms with E-state index in [1.54, 1.807) is 0 Å². The number of hydrogen-bond acceptors (Lipinski definition) is 2. The van der Waals surface area contributed by atoms with Crippen LogP contribution in [-0.4, -0.2) is 22.6 Å². The van der Waals surface area contributed by atoms with Crippen molar-refractivity contribution in [2.24, 2.45) is 0 Å². The van der Waals surface area contributed by atoms with Crippen LogP contribution < -0.4 is 5.32 Å². The highest BCUT2D eigenvalue weighted by atomic mass is 35.5. The minimum Gasteiger partial charge on any atom is -0.394 e. The molecule has 1 aromatic rings. The summed E-state index contributed by atoms with van der Waals surface area (Å²) in [5, 5.41) is 12.8. The molecule has 1 aliphatic rings. The molecule has 2 nitrogen and oxygen atoms in total. The second-order valence-electron chi connectivity index (χ2n) is 4.12. The van der Waals surface area contributed by atoms with Crippen molar-refractivity contribution in [1.82, 2.24) is 0 Å². The molecule has 82 valence electrons. The van der Waals surface area contributed by atoms with E-state index in [1.807, 2.05) is 25.1 Å². The van der Waals surface area contributed by atoms with Gasteiger partial charge in [-0.2, -0.15) is 0 Å². The Balaban J connectivity index is 2.36. The maximum absolute atomic E-state index is 9.49. The molecule has 0 unspecified atom stereocenters. The smallest absolute Gasteiger partial charge is 0.0767 e. The number of halogens is 1. The van der Waals surface area contributed by atoms with Gasteiger partial charge in [0.05, 0.1) is 17.5 Å². The third-order valence-corrected chi connectivity index (χ3v) is 3.88. The van der Waals surface area contributed by atoms with E-state index in [-0.39, 0.29) is 17.5 Å². The van der Waals surface area contributed by atoms with Crippen molar-refractivity contribution < 1.29 is 5.11 Å². The summed E-state index contributed by atoms with van der Waals surface area (Å²) in [6.07, 6.45) is 1.64. The van der Waals surface area contributed by atoms with Gasteiger partial charge < -0.3 is 10.4 Å². The third-order valence-electron chi connectivity index (χ3n) is 3.31. The zero-order chi connectivity index (χ0) is 10.9. The molecule has 1 heterocycles. The van der Waals surface area contributed by atoms with Crippen molar-refractivity contribution in [3.8, 4) is 0 Å². The Kier molecular flexibility index (Phi) is 2.89. The third kappa shape index (κ3) is 1.72. The average molecular weight is 226 g/mol. The molecule has 0 bridgehead atoms. The number of anilines is 1. The topological polar surface area (TPSA) is 32.3 Å². The first-order chi connectivity index (χ1) is 7.22. The molecule has 3 heteroatoms. The van der Waals surface area contributed by atoms with E-state index in [0.29, 0.717) is 0 Å². The molecule has 2 rings (SSSR count). The summed E-state index contributed by atoms with van der Waals surface area (Å²) in [6, 6.07) is 8.13. The van der Waals surface area contributed by atoms with Crippen molar-refractivity contribution in [2.45, 2.75) is 30.7 Å². The molecule has 0 saturated carbocycles. The van der Waals surface area contributed by atoms with E-state index in [0.717, 1.165) is 18.5 Å². The van der Waals surface area contributed by atoms with Gasteiger partial charge in [0.2, 0.25) is 0 Å². The van der Waals surface area contributed by atoms with Crippen molar-refractivity contribution in [3.05, 3.63) is 29.8 Å². The Labute approximate surface area is 95.3 Å². The fraction of sp³-hybridized carbons (Fsp3) is 0.500. The molecule has 2 atom stereocenters. The second kappa shape index (κ2) is 4.03. The number of rotatable bonds is 2. The molecule has 0 radical (unpaired) electrons. The Hall–Kier alpha value is -0.730. The van der Waals surface area contributed by atoms with Gasteiger partial charge in [-0.05, 0) is 24.5 Å². The molecular formula is C12H16ClNO. The maximum atomic E-state index is 9.49. The average Bonchev–Trinajstić information content (AvgIpc) is 2.28. The highest BCUT2D eigenvalue weighted by Crippen LogP contribution is 2.35. The molecule has 15 heavy (non-hydrogen) atoms. The van der Waals surface area contributed by atoms with E-state index < -0.39 is 0 Å². The van der Waals surface area contributed by atoms with Crippen molar-refractivity contribution in [1.29, 1.82) is 0 Å². The highest BCUT2D eigenvalue weighted by molar-refractivity contribution is 6.22. The maximum Gasteiger partial charge on any atom is 0.0767 e. The molecule has 1 aromatic carbocycles. The molecule has 0 aliphatic carbocycles. The van der Waals surface area contributed by atoms with Gasteiger partial charge in [0.15, 0.2) is 0 Å². The van der Waals surface area contributed by atoms with Crippen LogP contribution in [0, 0.1) is 0 Å². The van der Waals surface area contributed by atoms with Crippen LogP contribution in [0.2, 0.25) is 0 Å². The fourth-order valence-electron chi connectivity index (χ4n) is 2.12. The lowest BCUT2D eigenvalue weighted by molar-refractivity contribution is 0.198. The van der Waals surface area contributed by atoms with Crippen molar-refractivity contribution in [2.75, 3.05) is 11.9 Å². The summed E-state index contributed by atoms with van der Waals surface area (Å²) in [7, 11) is 0. The quantitative estimate of drug-likeness (QED) is 0.758. The predicted octanol–water partition coefficient (Wildman–Crippen LogP) is 2.40. The molecular weight excluding hydrogens is 210 g/mol. The summed E-state index contributed by atoms with van der Waals surface area (Å²) in [5.74, 6) is 0. The molecule has 0 fully saturated rings. The number of para-hydroxylation sites is 1. The minimum absolute atomic E-state index is 0.0533. The predicted molar refractivity (Wildman–Crippen MR) is 63.5 cm³/mol. The monoisotopic (exact) mass is 225 g/mol. The number of aliphatic hydroxyl groups is 1. The Morgan fingerprint density at radius 3 is 2.93 bits per heavy atom. The lowest BCUT2D eigenvalue weighted by atomic mass is 9.84. The number of benzene rings is 1. The van der Waals surface area contributed by atoms with E-state index in [9.17, 15) is 5.11 Å². The van der Waals surface area contributed by atoms with E-state index in [2.05, 4.69) is 11.4 Å². The Morgan fingerprint density at radius 2 is 2.27 bits per heavy atom. The van der Waals surface area contributed by atoms with Crippen LogP contribution in [0.5, 0.6) is 0 Å². The minimum atomic E-state index is -0.365. The van der Waals surface area contributed by atoms with Gasteiger partial charge in [0.1, 0.15) is 0 Å². The zero-order valence-corrected chi connectivity index (χ0v) is 9.59. The van der Waals surface area contributed by atoms with E-state index in [4.69, 9.17) is 11.6 Å². The number of alkyl halides is 1. The lowest BCUT2D eigenvalue weighted by Gasteiger charge is -2.41. The molecule has 1 aliphatic heterocycles. The molecule has 0 amide bonds. The fourth-order valence-corrected chi connectivity index (χ4v) is 2.56. The van der Waals surface area contributed by atoms with E-state index in [1.165, 1.54) is 5.56 Å². The van der Waals surface area contributed by atoms with Gasteiger partial charge in [-0.25, -0.2) is 0 Å². The second-order valence-corrected chi connectivity index (χ2v) is 4.65. The molecule has 0 aromatic heterocycles. The van der Waals surface area contributed by atoms with Crippen molar-refractivity contribution >= 4 is 17.3 Å². The van der Waals surface area contributed by atoms with Crippen LogP contribution in [0.3, 0.4) is 0 Å². The Morgan fingerprint density at radius 1 is 1.53 bits per heavy atom. The molecule has 0 saturated heterocycles. The zero-order valence-electron chi connectivity index (χ0n) is 8.83. The van der Waals surface area contributed by atoms with Crippen LogP contribution in [-0.2, 0) is 6.42 Å². The Bertz CT molecular complexity index is 349. The molecule has 2 N–H and O–H groups in total. The van der Waals surface area contributed by atoms with Gasteiger partial charge in [-0.3, -0.25) is 0 Å². The van der Waals surface area contributed by atoms with E-state index >= 15 is 0 Å². The SMILES string of the molecule is CC[C@]1(CO)Nc2ccccc2C[C@H]1Cl. The summed E-state index contributed by atoms with van der Waals surface area (Å²) in [5.41, 5.74) is 1.97. The number of aliphatic hydroxyl groups excluding tert-OH is 1. The summed E-state index contributed by atoms with van der Waals surface area (Å²) < 4.78 is 0. The van der Waals surface area contributed by atoms with Crippen LogP contribution in [0.4, 0.5) is 5.69 Å². The first kappa shape index (κ1) is 10.8. The van der Waals surface area contributed by atoms with Crippen molar-refractivity contribution in [3.63, 3.8) is 0 Å². The van der Waals surface area contributed by atoms with Gasteiger partial charge >= 0.3 is 0 Å². The summed E-state index contributed by atoms with van der Waals surface area (Å²) >= 11 is 6.34. The number of hydrogen-bond donors (Lipinski definition) is 2. The number of fused-ring (bicyclic) bond motifs is 1. The van der Waals surface area contributed by atoms with Crippen LogP contribution in [0.15, 0.2) is 24.3 Å². The standard InChI is InChI=1S/C12H16ClNO/c1-2-12(8-15)11(13)7-9-5-3-4-6-10(9)14-12/h3-6,11,14-15H,2,7-8H2,1H3/t11-,12-/m1/s1. The van der Waals surface area contributed by atoms with Gasteiger partial charge in [0, 0.05) is 5.69 Å². The normalized spacial score (nSPS) is 29.4. The van der Waals surface area contributed by atoms with Gasteiger partial charge in [0.25, 0.3) is 0 Å². The molecule has 0 spiro atoms. The first-order valence-corrected chi connectivity index (χ1v) is 5.76. The number of nitrogens with one attached hydrogen (secondary N) is 1. The summed E-state index contributed by atoms with van der Waals surface area (Å²) in [4.78, 5) is 0. The van der Waals surface area contributed by atoms with Gasteiger partial charge in [-0.1, -0.05) is 25.1 Å². The van der Waals surface area contributed by atoms with Crippen LogP contribution in [0.25, 0.3) is 0 Å². The lowest BCUT2D eigenvalue weighted by Crippen LogP contribution is -2.53. The summed E-state index contributed by atoms with van der Waals surface area (Å²) in [6.45, 7) is 2.12. The highest BCUT2D eigenvalue weighted by Gasteiger charge is 2.39. The van der Waals surface area contributed by atoms with Crippen LogP contribution in [0.1, 0.15) is 18.9 Å². The first-order valence-electron chi connectivity index (χ1n) is 5.33. The largest absolute Gasteiger partial charge is 0.394 e. The van der Waals surface area contributed by atoms with Crippen LogP contribution >= 0.6 is 11.6 Å². The van der Waals surface area contributed by atoms with Gasteiger partial charge in [-0.15, -0.1) is 11.6 Å².